The van der Waals surface area contributed by atoms with Crippen molar-refractivity contribution in [3.8, 4) is 23.0 Å². The molecular formula is C29H26F15NO7. The number of halogens is 15. The molecule has 0 unspecified atom stereocenters. The standard InChI is InChI=1S/C29H26F15NO7/c30-23(31,24(32,33)25(34,35)26(36,37)27(38,39)28(40,41)29(42,43)44)22(46)45-9-10-48-17-15-51-20-7-3-1-5-18(20)49-13-11-47-12-14-50-19-6-2-4-8-21(19)52-16-17/h1-8,17H,9-16H2,(H,45,46). The third-order valence-corrected chi connectivity index (χ3v) is 6.87. The van der Waals surface area contributed by atoms with Crippen molar-refractivity contribution in [1.82, 2.24) is 5.32 Å². The minimum absolute atomic E-state index is 0.0649. The number of amides is 1. The van der Waals surface area contributed by atoms with Gasteiger partial charge in [0.05, 0.1) is 19.8 Å². The van der Waals surface area contributed by atoms with Gasteiger partial charge in [-0.1, -0.05) is 24.3 Å². The fraction of sp³-hybridized carbons (Fsp3) is 0.552. The summed E-state index contributed by atoms with van der Waals surface area (Å²) in [6.07, 6.45) is -8.98. The lowest BCUT2D eigenvalue weighted by Crippen LogP contribution is -2.74. The Morgan fingerprint density at radius 3 is 1.38 bits per heavy atom. The second-order valence-electron chi connectivity index (χ2n) is 10.5. The molecule has 0 atom stereocenters. The smallest absolute Gasteiger partial charge is 0.460 e. The van der Waals surface area contributed by atoms with Gasteiger partial charge in [0.2, 0.25) is 0 Å². The summed E-state index contributed by atoms with van der Waals surface area (Å²) in [5.41, 5.74) is 0. The molecule has 0 saturated heterocycles. The van der Waals surface area contributed by atoms with E-state index in [0.29, 0.717) is 0 Å². The van der Waals surface area contributed by atoms with Crippen LogP contribution in [0.25, 0.3) is 0 Å². The highest BCUT2D eigenvalue weighted by Gasteiger charge is 2.94. The number of hydrogen-bond acceptors (Lipinski definition) is 7. The van der Waals surface area contributed by atoms with E-state index < -0.39 is 80.1 Å². The molecule has 8 nitrogen and oxygen atoms in total. The first-order valence-corrected chi connectivity index (χ1v) is 14.4. The fourth-order valence-electron chi connectivity index (χ4n) is 4.02. The van der Waals surface area contributed by atoms with Crippen molar-refractivity contribution in [2.75, 3.05) is 52.8 Å². The fourth-order valence-corrected chi connectivity index (χ4v) is 4.02. The number of rotatable bonds is 10. The first-order valence-electron chi connectivity index (χ1n) is 14.4. The van der Waals surface area contributed by atoms with Gasteiger partial charge in [-0.3, -0.25) is 4.79 Å². The van der Waals surface area contributed by atoms with Gasteiger partial charge in [0, 0.05) is 6.54 Å². The topological polar surface area (TPSA) is 84.5 Å². The van der Waals surface area contributed by atoms with E-state index in [0.717, 1.165) is 5.32 Å². The van der Waals surface area contributed by atoms with Gasteiger partial charge in [-0.25, -0.2) is 0 Å². The molecule has 0 spiro atoms. The molecule has 0 radical (unpaired) electrons. The van der Waals surface area contributed by atoms with Gasteiger partial charge >= 0.3 is 41.7 Å². The Morgan fingerprint density at radius 1 is 0.577 bits per heavy atom. The number of alkyl halides is 15. The van der Waals surface area contributed by atoms with Gasteiger partial charge in [-0.05, 0) is 24.3 Å². The van der Waals surface area contributed by atoms with Gasteiger partial charge in [-0.2, -0.15) is 65.9 Å². The molecule has 2 aromatic carbocycles. The lowest BCUT2D eigenvalue weighted by molar-refractivity contribution is -0.449. The predicted molar refractivity (Wildman–Crippen MR) is 144 cm³/mol. The van der Waals surface area contributed by atoms with Crippen molar-refractivity contribution in [2.24, 2.45) is 0 Å². The Hall–Kier alpha value is -4.02. The van der Waals surface area contributed by atoms with Crippen LogP contribution < -0.4 is 24.3 Å². The van der Waals surface area contributed by atoms with Crippen LogP contribution in [0.15, 0.2) is 48.5 Å². The summed E-state index contributed by atoms with van der Waals surface area (Å²) in [4.78, 5) is 11.8. The van der Waals surface area contributed by atoms with Crippen LogP contribution in [0.2, 0.25) is 0 Å². The molecule has 1 aliphatic heterocycles. The third-order valence-electron chi connectivity index (χ3n) is 6.87. The largest absolute Gasteiger partial charge is 0.487 e. The van der Waals surface area contributed by atoms with Gasteiger partial charge in [-0.15, -0.1) is 0 Å². The van der Waals surface area contributed by atoms with Crippen molar-refractivity contribution in [2.45, 2.75) is 47.8 Å². The van der Waals surface area contributed by atoms with Crippen molar-refractivity contribution in [3.05, 3.63) is 48.5 Å². The van der Waals surface area contributed by atoms with Gasteiger partial charge in [0.25, 0.3) is 5.91 Å². The summed E-state index contributed by atoms with van der Waals surface area (Å²) in [5.74, 6) is -51.4. The molecule has 1 N–H and O–H groups in total. The normalized spacial score (nSPS) is 16.7. The summed E-state index contributed by atoms with van der Waals surface area (Å²) < 4.78 is 235. The number of para-hydroxylation sites is 4. The van der Waals surface area contributed by atoms with E-state index in [9.17, 15) is 70.7 Å². The highest BCUT2D eigenvalue weighted by atomic mass is 19.4. The summed E-state index contributed by atoms with van der Waals surface area (Å²) in [6.45, 7) is -2.77. The van der Waals surface area contributed by atoms with Gasteiger partial charge in [0.15, 0.2) is 23.0 Å². The quantitative estimate of drug-likeness (QED) is 0.210. The van der Waals surface area contributed by atoms with E-state index in [2.05, 4.69) is 0 Å². The van der Waals surface area contributed by atoms with E-state index in [-0.39, 0.29) is 49.4 Å². The monoisotopic (exact) mass is 785 g/mol. The van der Waals surface area contributed by atoms with Crippen molar-refractivity contribution >= 4 is 5.91 Å². The van der Waals surface area contributed by atoms with Crippen LogP contribution in [0.5, 0.6) is 23.0 Å². The van der Waals surface area contributed by atoms with E-state index in [4.69, 9.17) is 28.4 Å². The number of nitrogens with one attached hydrogen (secondary N) is 1. The van der Waals surface area contributed by atoms with E-state index in [1.54, 1.807) is 24.3 Å². The lowest BCUT2D eigenvalue weighted by atomic mass is 9.91. The molecule has 0 bridgehead atoms. The molecule has 1 aliphatic rings. The Balaban J connectivity index is 1.74. The maximum absolute atomic E-state index is 14.2. The minimum atomic E-state index is -8.51. The average Bonchev–Trinajstić information content (AvgIpc) is 3.06. The lowest BCUT2D eigenvalue weighted by Gasteiger charge is -2.41. The Labute approximate surface area is 283 Å². The summed E-state index contributed by atoms with van der Waals surface area (Å²) >= 11 is 0. The zero-order valence-corrected chi connectivity index (χ0v) is 25.9. The molecule has 294 valence electrons. The van der Waals surface area contributed by atoms with Crippen LogP contribution in [-0.2, 0) is 14.3 Å². The van der Waals surface area contributed by atoms with Crippen LogP contribution >= 0.6 is 0 Å². The molecule has 0 fully saturated rings. The maximum atomic E-state index is 14.2. The van der Waals surface area contributed by atoms with Crippen LogP contribution in [0, 0.1) is 0 Å². The highest BCUT2D eigenvalue weighted by Crippen LogP contribution is 2.62. The Bertz CT molecular complexity index is 1440. The predicted octanol–water partition coefficient (Wildman–Crippen LogP) is 6.81. The average molecular weight is 785 g/mol. The molecule has 1 heterocycles. The Morgan fingerprint density at radius 2 is 0.962 bits per heavy atom. The van der Waals surface area contributed by atoms with E-state index in [1.807, 2.05) is 0 Å². The summed E-state index contributed by atoms with van der Waals surface area (Å²) in [7, 11) is 0. The van der Waals surface area contributed by atoms with Gasteiger partial charge < -0.3 is 33.7 Å². The van der Waals surface area contributed by atoms with Crippen molar-refractivity contribution < 1.29 is 99.1 Å². The second kappa shape index (κ2) is 15.9. The van der Waals surface area contributed by atoms with Crippen LogP contribution in [0.3, 0.4) is 0 Å². The van der Waals surface area contributed by atoms with Gasteiger partial charge in [0.1, 0.15) is 32.5 Å². The maximum Gasteiger partial charge on any atom is 0.460 e. The van der Waals surface area contributed by atoms with Crippen LogP contribution in [-0.4, -0.2) is 107 Å². The van der Waals surface area contributed by atoms with E-state index >= 15 is 0 Å². The molecule has 2 aromatic rings. The number of ether oxygens (including phenoxy) is 6. The highest BCUT2D eigenvalue weighted by molar-refractivity contribution is 5.84. The number of fused-ring (bicyclic) bond motifs is 2. The first kappa shape index (κ1) is 42.4. The molecule has 0 saturated carbocycles. The second-order valence-corrected chi connectivity index (χ2v) is 10.5. The van der Waals surface area contributed by atoms with Crippen LogP contribution in [0.4, 0.5) is 65.9 Å². The zero-order valence-electron chi connectivity index (χ0n) is 25.9. The zero-order chi connectivity index (χ0) is 39.2. The molecular weight excluding hydrogens is 759 g/mol. The van der Waals surface area contributed by atoms with Crippen LogP contribution in [0.1, 0.15) is 0 Å². The minimum Gasteiger partial charge on any atom is -0.487 e. The number of carbonyl (C=O) groups excluding carboxylic acids is 1. The van der Waals surface area contributed by atoms with E-state index in [1.165, 1.54) is 24.3 Å². The number of benzene rings is 2. The molecule has 23 heteroatoms. The molecule has 3 rings (SSSR count). The molecule has 1 amide bonds. The number of hydrogen-bond donors (Lipinski definition) is 1. The molecule has 52 heavy (non-hydrogen) atoms. The van der Waals surface area contributed by atoms with Crippen molar-refractivity contribution in [1.29, 1.82) is 0 Å². The summed E-state index contributed by atoms with van der Waals surface area (Å²) in [5, 5.41) is 0.892. The SMILES string of the molecule is O=C(NCCOC1COc2ccccc2OCCOCCOc2ccccc2OC1)C(F)(F)C(F)(F)C(F)(F)C(F)(F)C(F)(F)C(F)(F)C(F)(F)F. The molecule has 0 aliphatic carbocycles. The Kier molecular flexibility index (Phi) is 13.0. The third kappa shape index (κ3) is 8.44. The molecule has 0 aromatic heterocycles. The summed E-state index contributed by atoms with van der Waals surface area (Å²) in [6, 6.07) is 12.2. The van der Waals surface area contributed by atoms with Crippen molar-refractivity contribution in [3.63, 3.8) is 0 Å². The first-order chi connectivity index (χ1) is 23.9. The number of carbonyl (C=O) groups is 1.